The molecule has 0 unspecified atom stereocenters. The number of ether oxygens (including phenoxy) is 2. The molecule has 3 nitrogen and oxygen atoms in total. The third-order valence-corrected chi connectivity index (χ3v) is 4.90. The van der Waals surface area contributed by atoms with Crippen LogP contribution in [0.3, 0.4) is 0 Å². The topological polar surface area (TPSA) is 27.7 Å². The van der Waals surface area contributed by atoms with Crippen molar-refractivity contribution in [3.05, 3.63) is 88.7 Å². The molecule has 3 aromatic rings. The van der Waals surface area contributed by atoms with E-state index >= 15 is 0 Å². The van der Waals surface area contributed by atoms with Crippen LogP contribution in [0.15, 0.2) is 48.5 Å². The molecule has 0 amide bonds. The molecule has 0 aromatic heterocycles. The lowest BCUT2D eigenvalue weighted by atomic mass is 10.0. The number of alkyl halides is 1. The maximum absolute atomic E-state index is 13.7. The van der Waals surface area contributed by atoms with Crippen LogP contribution in [0.4, 0.5) is 30.9 Å². The second-order valence-electron chi connectivity index (χ2n) is 7.56. The Morgan fingerprint density at radius 2 is 1.32 bits per heavy atom. The van der Waals surface area contributed by atoms with Crippen molar-refractivity contribution in [3.63, 3.8) is 0 Å². The summed E-state index contributed by atoms with van der Waals surface area (Å²) in [5.74, 6) is -6.72. The van der Waals surface area contributed by atoms with Crippen molar-refractivity contribution >= 4 is 0 Å². The van der Waals surface area contributed by atoms with Crippen molar-refractivity contribution < 1.29 is 45.3 Å². The van der Waals surface area contributed by atoms with Crippen LogP contribution in [0, 0.1) is 35.0 Å². The Morgan fingerprint density at radius 1 is 0.794 bits per heavy atom. The van der Waals surface area contributed by atoms with E-state index in [0.717, 1.165) is 17.7 Å². The van der Waals surface area contributed by atoms with Gasteiger partial charge in [-0.3, -0.25) is 4.94 Å². The minimum Gasteiger partial charge on any atom is -0.348 e. The molecule has 0 N–H and O–H groups in total. The predicted octanol–water partition coefficient (Wildman–Crippen LogP) is 7.15. The van der Waals surface area contributed by atoms with Crippen molar-refractivity contribution in [2.45, 2.75) is 19.9 Å². The average Bonchev–Trinajstić information content (AvgIpc) is 2.83. The molecule has 0 aliphatic carbocycles. The highest BCUT2D eigenvalue weighted by Crippen LogP contribution is 2.29. The second-order valence-corrected chi connectivity index (χ2v) is 7.56. The minimum absolute atomic E-state index is 0.364. The molecular formula is C24H19F7O3. The van der Waals surface area contributed by atoms with Gasteiger partial charge in [-0.05, 0) is 23.3 Å². The highest BCUT2D eigenvalue weighted by Gasteiger charge is 2.21. The molecule has 182 valence electrons. The first kappa shape index (κ1) is 25.5. The van der Waals surface area contributed by atoms with Crippen LogP contribution in [-0.4, -0.2) is 13.2 Å². The SMILES string of the molecule is CC1COC(c2ccc(-c3cc(F)c(CF)c(F)c3)cc2)OC1.FOc1cc(F)c(F)c(F)c1. The lowest BCUT2D eigenvalue weighted by Crippen LogP contribution is -2.24. The third-order valence-electron chi connectivity index (χ3n) is 4.90. The fourth-order valence-corrected chi connectivity index (χ4v) is 3.10. The normalized spacial score (nSPS) is 17.6. The Kier molecular flexibility index (Phi) is 8.51. The summed E-state index contributed by atoms with van der Waals surface area (Å²) in [7, 11) is 0. The standard InChI is InChI=1S/C18H17F3O2.C6H2F4O/c1-11-9-22-18(23-10-11)13-4-2-12(3-5-13)14-6-16(20)15(8-19)17(21)7-14;7-4-1-3(11-10)2-5(8)6(4)9/h2-7,11,18H,8-10H2,1H3;1-2H. The van der Waals surface area contributed by atoms with E-state index in [1.807, 2.05) is 6.92 Å². The van der Waals surface area contributed by atoms with E-state index in [1.165, 1.54) is 0 Å². The number of hydrogen-bond donors (Lipinski definition) is 0. The van der Waals surface area contributed by atoms with Crippen LogP contribution in [0.25, 0.3) is 11.1 Å². The maximum Gasteiger partial charge on any atom is 0.194 e. The van der Waals surface area contributed by atoms with Gasteiger partial charge in [0, 0.05) is 28.1 Å². The van der Waals surface area contributed by atoms with E-state index in [9.17, 15) is 30.9 Å². The molecule has 0 bridgehead atoms. The zero-order valence-corrected chi connectivity index (χ0v) is 17.8. The molecular weight excluding hydrogens is 469 g/mol. The van der Waals surface area contributed by atoms with Crippen LogP contribution < -0.4 is 4.94 Å². The number of rotatable bonds is 4. The number of benzene rings is 3. The summed E-state index contributed by atoms with van der Waals surface area (Å²) in [5.41, 5.74) is 1.31. The summed E-state index contributed by atoms with van der Waals surface area (Å²) in [6, 6.07) is 10.2. The molecule has 1 saturated heterocycles. The van der Waals surface area contributed by atoms with Crippen molar-refractivity contribution in [2.24, 2.45) is 5.92 Å². The largest absolute Gasteiger partial charge is 0.348 e. The Bertz CT molecular complexity index is 1070. The molecule has 1 heterocycles. The summed E-state index contributed by atoms with van der Waals surface area (Å²) in [6.45, 7) is 2.15. The van der Waals surface area contributed by atoms with Gasteiger partial charge in [0.05, 0.1) is 18.8 Å². The van der Waals surface area contributed by atoms with Gasteiger partial charge >= 0.3 is 0 Å². The average molecular weight is 488 g/mol. The van der Waals surface area contributed by atoms with Gasteiger partial charge in [0.25, 0.3) is 0 Å². The summed E-state index contributed by atoms with van der Waals surface area (Å²) in [6.07, 6.45) is -0.414. The fourth-order valence-electron chi connectivity index (χ4n) is 3.10. The highest BCUT2D eigenvalue weighted by atomic mass is 19.3. The van der Waals surface area contributed by atoms with Crippen LogP contribution in [-0.2, 0) is 16.1 Å². The first-order chi connectivity index (χ1) is 16.2. The molecule has 0 atom stereocenters. The van der Waals surface area contributed by atoms with Gasteiger partial charge in [-0.25, -0.2) is 26.3 Å². The van der Waals surface area contributed by atoms with Crippen LogP contribution >= 0.6 is 0 Å². The Morgan fingerprint density at radius 3 is 1.79 bits per heavy atom. The monoisotopic (exact) mass is 488 g/mol. The van der Waals surface area contributed by atoms with Gasteiger partial charge in [-0.2, -0.15) is 0 Å². The molecule has 34 heavy (non-hydrogen) atoms. The van der Waals surface area contributed by atoms with E-state index < -0.39 is 53.4 Å². The molecule has 3 aromatic carbocycles. The fraction of sp³-hybridized carbons (Fsp3) is 0.250. The van der Waals surface area contributed by atoms with Crippen molar-refractivity contribution in [3.8, 4) is 16.9 Å². The Hall–Kier alpha value is -3.11. The first-order valence-corrected chi connectivity index (χ1v) is 10.0. The zero-order chi connectivity index (χ0) is 24.8. The van der Waals surface area contributed by atoms with E-state index in [4.69, 9.17) is 9.47 Å². The van der Waals surface area contributed by atoms with Crippen LogP contribution in [0.2, 0.25) is 0 Å². The zero-order valence-electron chi connectivity index (χ0n) is 17.8. The molecule has 4 rings (SSSR count). The van der Waals surface area contributed by atoms with E-state index in [0.29, 0.717) is 42.4 Å². The highest BCUT2D eigenvalue weighted by molar-refractivity contribution is 5.64. The second kappa shape index (κ2) is 11.3. The number of halogens is 7. The van der Waals surface area contributed by atoms with Crippen molar-refractivity contribution in [1.29, 1.82) is 0 Å². The van der Waals surface area contributed by atoms with Gasteiger partial charge < -0.3 is 9.47 Å². The van der Waals surface area contributed by atoms with Crippen molar-refractivity contribution in [2.75, 3.05) is 13.2 Å². The molecule has 0 saturated carbocycles. The van der Waals surface area contributed by atoms with Crippen LogP contribution in [0.1, 0.15) is 24.3 Å². The quantitative estimate of drug-likeness (QED) is 0.288. The summed E-state index contributed by atoms with van der Waals surface area (Å²) in [4.78, 5) is 2.98. The van der Waals surface area contributed by atoms with Crippen LogP contribution in [0.5, 0.6) is 5.75 Å². The van der Waals surface area contributed by atoms with Gasteiger partial charge in [0.1, 0.15) is 18.3 Å². The molecule has 1 aliphatic heterocycles. The van der Waals surface area contributed by atoms with E-state index in [-0.39, 0.29) is 0 Å². The lowest BCUT2D eigenvalue weighted by molar-refractivity contribution is -0.202. The van der Waals surface area contributed by atoms with Gasteiger partial charge in [0.2, 0.25) is 0 Å². The Labute approximate surface area is 190 Å². The van der Waals surface area contributed by atoms with E-state index in [1.54, 1.807) is 24.3 Å². The lowest BCUT2D eigenvalue weighted by Gasteiger charge is -2.27. The Balaban J connectivity index is 0.000000248. The molecule has 1 aliphatic rings. The van der Waals surface area contributed by atoms with E-state index in [2.05, 4.69) is 4.94 Å². The molecule has 1 fully saturated rings. The predicted molar refractivity (Wildman–Crippen MR) is 108 cm³/mol. The van der Waals surface area contributed by atoms with Gasteiger partial charge in [0.15, 0.2) is 29.5 Å². The summed E-state index contributed by atoms with van der Waals surface area (Å²) < 4.78 is 98.9. The van der Waals surface area contributed by atoms with Gasteiger partial charge in [-0.15, -0.1) is 0 Å². The summed E-state index contributed by atoms with van der Waals surface area (Å²) >= 11 is 0. The maximum atomic E-state index is 13.7. The molecule has 0 radical (unpaired) electrons. The number of hydrogen-bond acceptors (Lipinski definition) is 3. The minimum atomic E-state index is -1.65. The van der Waals surface area contributed by atoms with Crippen molar-refractivity contribution in [1.82, 2.24) is 0 Å². The molecule has 10 heteroatoms. The van der Waals surface area contributed by atoms with Gasteiger partial charge in [-0.1, -0.05) is 31.2 Å². The molecule has 0 spiro atoms. The summed E-state index contributed by atoms with van der Waals surface area (Å²) in [5, 5.41) is 0. The smallest absolute Gasteiger partial charge is 0.194 e. The first-order valence-electron chi connectivity index (χ1n) is 10.0. The third kappa shape index (κ3) is 6.06.